The third-order valence-electron chi connectivity index (χ3n) is 3.20. The third-order valence-corrected chi connectivity index (χ3v) is 3.20. The standard InChI is InChI=1S/C15H14N2O2/c1-19-13-9-5-3-7-11(13)14-16-12-8-4-2-6-10(12)15(18)17-14/h2-9,14,16H,1H3,(H,17,18)/t14-/m0/s1. The molecule has 2 aromatic rings. The molecule has 19 heavy (non-hydrogen) atoms. The fourth-order valence-electron chi connectivity index (χ4n) is 2.27. The van der Waals surface area contributed by atoms with E-state index in [1.807, 2.05) is 42.5 Å². The Morgan fingerprint density at radius 1 is 1.00 bits per heavy atom. The van der Waals surface area contributed by atoms with Gasteiger partial charge in [0.1, 0.15) is 11.9 Å². The van der Waals surface area contributed by atoms with Crippen LogP contribution in [-0.4, -0.2) is 13.0 Å². The number of hydrogen-bond donors (Lipinski definition) is 2. The Hall–Kier alpha value is -2.49. The fourth-order valence-corrected chi connectivity index (χ4v) is 2.27. The molecule has 2 N–H and O–H groups in total. The number of amides is 1. The summed E-state index contributed by atoms with van der Waals surface area (Å²) >= 11 is 0. The van der Waals surface area contributed by atoms with Crippen LogP contribution in [0.3, 0.4) is 0 Å². The van der Waals surface area contributed by atoms with Crippen LogP contribution in [-0.2, 0) is 0 Å². The van der Waals surface area contributed by atoms with Gasteiger partial charge in [0, 0.05) is 11.3 Å². The molecule has 1 aliphatic rings. The maximum absolute atomic E-state index is 12.1. The Balaban J connectivity index is 1.99. The molecule has 3 rings (SSSR count). The van der Waals surface area contributed by atoms with E-state index in [4.69, 9.17) is 4.74 Å². The molecule has 0 saturated heterocycles. The molecule has 2 aromatic carbocycles. The zero-order chi connectivity index (χ0) is 13.2. The first-order valence-corrected chi connectivity index (χ1v) is 6.09. The number of nitrogens with one attached hydrogen (secondary N) is 2. The zero-order valence-electron chi connectivity index (χ0n) is 10.5. The molecule has 0 bridgehead atoms. The average Bonchev–Trinajstić information content (AvgIpc) is 2.47. The lowest BCUT2D eigenvalue weighted by molar-refractivity contribution is 0.0935. The van der Waals surface area contributed by atoms with Crippen LogP contribution in [0.25, 0.3) is 0 Å². The molecule has 0 fully saturated rings. The quantitative estimate of drug-likeness (QED) is 0.866. The van der Waals surface area contributed by atoms with Crippen molar-refractivity contribution in [2.24, 2.45) is 0 Å². The normalized spacial score (nSPS) is 17.1. The minimum absolute atomic E-state index is 0.0785. The summed E-state index contributed by atoms with van der Waals surface area (Å²) in [4.78, 5) is 12.1. The predicted molar refractivity (Wildman–Crippen MR) is 73.3 cm³/mol. The molecule has 4 heteroatoms. The highest BCUT2D eigenvalue weighted by Crippen LogP contribution is 2.30. The highest BCUT2D eigenvalue weighted by atomic mass is 16.5. The Kier molecular flexibility index (Phi) is 2.83. The lowest BCUT2D eigenvalue weighted by Gasteiger charge is -2.28. The number of para-hydroxylation sites is 2. The van der Waals surface area contributed by atoms with Gasteiger partial charge in [-0.05, 0) is 18.2 Å². The first-order valence-electron chi connectivity index (χ1n) is 6.09. The van der Waals surface area contributed by atoms with Crippen molar-refractivity contribution in [3.05, 3.63) is 59.7 Å². The highest BCUT2D eigenvalue weighted by molar-refractivity contribution is 6.01. The molecular formula is C15H14N2O2. The first-order chi connectivity index (χ1) is 9.29. The number of rotatable bonds is 2. The number of carbonyl (C=O) groups is 1. The van der Waals surface area contributed by atoms with Gasteiger partial charge in [0.05, 0.1) is 12.7 Å². The Bertz CT molecular complexity index is 625. The van der Waals surface area contributed by atoms with Crippen LogP contribution in [0.2, 0.25) is 0 Å². The van der Waals surface area contributed by atoms with Gasteiger partial charge in [0.25, 0.3) is 5.91 Å². The van der Waals surface area contributed by atoms with Crippen LogP contribution in [0.1, 0.15) is 22.1 Å². The van der Waals surface area contributed by atoms with E-state index < -0.39 is 0 Å². The molecule has 1 heterocycles. The van der Waals surface area contributed by atoms with Crippen molar-refractivity contribution in [3.63, 3.8) is 0 Å². The Morgan fingerprint density at radius 2 is 1.74 bits per heavy atom. The maximum Gasteiger partial charge on any atom is 0.255 e. The monoisotopic (exact) mass is 254 g/mol. The summed E-state index contributed by atoms with van der Waals surface area (Å²) in [7, 11) is 1.62. The molecule has 0 spiro atoms. The summed E-state index contributed by atoms with van der Waals surface area (Å²) in [5, 5.41) is 6.24. The predicted octanol–water partition coefficient (Wildman–Crippen LogP) is 2.55. The maximum atomic E-state index is 12.1. The van der Waals surface area contributed by atoms with Crippen LogP contribution in [0.4, 0.5) is 5.69 Å². The van der Waals surface area contributed by atoms with Crippen LogP contribution in [0.15, 0.2) is 48.5 Å². The number of carbonyl (C=O) groups excluding carboxylic acids is 1. The molecule has 0 saturated carbocycles. The third kappa shape index (κ3) is 2.01. The summed E-state index contributed by atoms with van der Waals surface area (Å²) in [6, 6.07) is 15.1. The van der Waals surface area contributed by atoms with Gasteiger partial charge >= 0.3 is 0 Å². The molecule has 0 aliphatic carbocycles. The second kappa shape index (κ2) is 4.65. The number of benzene rings is 2. The van der Waals surface area contributed by atoms with E-state index in [0.29, 0.717) is 5.56 Å². The molecule has 0 unspecified atom stereocenters. The second-order valence-electron chi connectivity index (χ2n) is 4.34. The summed E-state index contributed by atoms with van der Waals surface area (Å²) < 4.78 is 5.33. The van der Waals surface area contributed by atoms with Crippen molar-refractivity contribution < 1.29 is 9.53 Å². The first kappa shape index (κ1) is 11.6. The molecule has 1 aliphatic heterocycles. The minimum atomic E-state index is -0.279. The van der Waals surface area contributed by atoms with Gasteiger partial charge in [0.2, 0.25) is 0 Å². The van der Waals surface area contributed by atoms with E-state index in [-0.39, 0.29) is 12.1 Å². The van der Waals surface area contributed by atoms with Gasteiger partial charge in [-0.1, -0.05) is 30.3 Å². The Morgan fingerprint density at radius 3 is 2.58 bits per heavy atom. The molecular weight excluding hydrogens is 240 g/mol. The second-order valence-corrected chi connectivity index (χ2v) is 4.34. The van der Waals surface area contributed by atoms with E-state index in [0.717, 1.165) is 17.0 Å². The molecule has 0 aromatic heterocycles. The van der Waals surface area contributed by atoms with Crippen molar-refractivity contribution in [1.82, 2.24) is 5.32 Å². The summed E-state index contributed by atoms with van der Waals surface area (Å²) in [6.07, 6.45) is -0.279. The number of hydrogen-bond acceptors (Lipinski definition) is 3. The lowest BCUT2D eigenvalue weighted by atomic mass is 10.1. The van der Waals surface area contributed by atoms with Crippen molar-refractivity contribution in [2.75, 3.05) is 12.4 Å². The molecule has 1 atom stereocenters. The average molecular weight is 254 g/mol. The summed E-state index contributed by atoms with van der Waals surface area (Å²) in [6.45, 7) is 0. The van der Waals surface area contributed by atoms with Gasteiger partial charge in [-0.2, -0.15) is 0 Å². The number of anilines is 1. The van der Waals surface area contributed by atoms with E-state index in [2.05, 4.69) is 10.6 Å². The van der Waals surface area contributed by atoms with Crippen LogP contribution in [0.5, 0.6) is 5.75 Å². The minimum Gasteiger partial charge on any atom is -0.496 e. The van der Waals surface area contributed by atoms with E-state index in [9.17, 15) is 4.79 Å². The van der Waals surface area contributed by atoms with Gasteiger partial charge in [-0.3, -0.25) is 4.79 Å². The summed E-state index contributed by atoms with van der Waals surface area (Å²) in [5.41, 5.74) is 2.41. The Labute approximate surface area is 111 Å². The lowest BCUT2D eigenvalue weighted by Crippen LogP contribution is -2.38. The van der Waals surface area contributed by atoms with Crippen molar-refractivity contribution >= 4 is 11.6 Å². The number of ether oxygens (including phenoxy) is 1. The molecule has 1 amide bonds. The fraction of sp³-hybridized carbons (Fsp3) is 0.133. The number of methoxy groups -OCH3 is 1. The smallest absolute Gasteiger partial charge is 0.255 e. The van der Waals surface area contributed by atoms with Crippen LogP contribution >= 0.6 is 0 Å². The van der Waals surface area contributed by atoms with E-state index in [1.165, 1.54) is 0 Å². The van der Waals surface area contributed by atoms with Gasteiger partial charge in [0.15, 0.2) is 0 Å². The van der Waals surface area contributed by atoms with Crippen LogP contribution < -0.4 is 15.4 Å². The molecule has 0 radical (unpaired) electrons. The SMILES string of the molecule is COc1ccccc1[C@@H]1NC(=O)c2ccccc2N1. The van der Waals surface area contributed by atoms with Crippen molar-refractivity contribution in [3.8, 4) is 5.75 Å². The zero-order valence-corrected chi connectivity index (χ0v) is 10.5. The highest BCUT2D eigenvalue weighted by Gasteiger charge is 2.25. The van der Waals surface area contributed by atoms with Crippen molar-refractivity contribution in [2.45, 2.75) is 6.17 Å². The van der Waals surface area contributed by atoms with Crippen molar-refractivity contribution in [1.29, 1.82) is 0 Å². The summed E-state index contributed by atoms with van der Waals surface area (Å²) in [5.74, 6) is 0.671. The van der Waals surface area contributed by atoms with E-state index in [1.54, 1.807) is 13.2 Å². The van der Waals surface area contributed by atoms with Gasteiger partial charge < -0.3 is 15.4 Å². The van der Waals surface area contributed by atoms with Gasteiger partial charge in [-0.15, -0.1) is 0 Å². The number of fused-ring (bicyclic) bond motifs is 1. The topological polar surface area (TPSA) is 50.4 Å². The largest absolute Gasteiger partial charge is 0.496 e. The molecule has 4 nitrogen and oxygen atoms in total. The van der Waals surface area contributed by atoms with Crippen LogP contribution in [0, 0.1) is 0 Å². The van der Waals surface area contributed by atoms with Gasteiger partial charge in [-0.25, -0.2) is 0 Å². The molecule has 96 valence electrons. The van der Waals surface area contributed by atoms with E-state index >= 15 is 0 Å².